The molecule has 0 aromatic heterocycles. The smallest absolute Gasteiger partial charge is 0.124 e. The molecule has 3 atom stereocenters. The van der Waals surface area contributed by atoms with Crippen molar-refractivity contribution in [2.75, 3.05) is 0 Å². The predicted octanol–water partition coefficient (Wildman–Crippen LogP) is 2.42. The largest absolute Gasteiger partial charge is 0.488 e. The number of hydrogen-bond donors (Lipinski definition) is 2. The van der Waals surface area contributed by atoms with Crippen LogP contribution in [0.5, 0.6) is 5.75 Å². The second-order valence-electron chi connectivity index (χ2n) is 4.75. The van der Waals surface area contributed by atoms with Crippen LogP contribution in [0.3, 0.4) is 0 Å². The van der Waals surface area contributed by atoms with Crippen LogP contribution in [-0.2, 0) is 0 Å². The van der Waals surface area contributed by atoms with Crippen molar-refractivity contribution in [1.82, 2.24) is 0 Å². The summed E-state index contributed by atoms with van der Waals surface area (Å²) in [5, 5.41) is 19.2. The van der Waals surface area contributed by atoms with Gasteiger partial charge in [-0.05, 0) is 43.9 Å². The lowest BCUT2D eigenvalue weighted by atomic mass is 9.95. The van der Waals surface area contributed by atoms with Gasteiger partial charge in [-0.3, -0.25) is 0 Å². The van der Waals surface area contributed by atoms with Gasteiger partial charge >= 0.3 is 0 Å². The van der Waals surface area contributed by atoms with Crippen LogP contribution in [0.1, 0.15) is 44.3 Å². The topological polar surface area (TPSA) is 49.7 Å². The molecule has 3 heteroatoms. The van der Waals surface area contributed by atoms with Crippen LogP contribution in [0.15, 0.2) is 24.3 Å². The summed E-state index contributed by atoms with van der Waals surface area (Å²) in [5.41, 5.74) is 0.876. The predicted molar refractivity (Wildman–Crippen MR) is 66.0 cm³/mol. The molecule has 1 aliphatic rings. The molecule has 2 unspecified atom stereocenters. The minimum atomic E-state index is -0.454. The molecule has 2 N–H and O–H groups in total. The Morgan fingerprint density at radius 1 is 1.18 bits per heavy atom. The molecule has 94 valence electrons. The third kappa shape index (κ3) is 3.20. The summed E-state index contributed by atoms with van der Waals surface area (Å²) in [5.74, 6) is 0.764. The Morgan fingerprint density at radius 3 is 2.41 bits per heavy atom. The molecule has 1 aliphatic carbocycles. The first-order chi connectivity index (χ1) is 8.16. The van der Waals surface area contributed by atoms with Crippen LogP contribution < -0.4 is 4.74 Å². The van der Waals surface area contributed by atoms with Gasteiger partial charge in [-0.2, -0.15) is 0 Å². The van der Waals surface area contributed by atoms with E-state index in [1.165, 1.54) is 0 Å². The van der Waals surface area contributed by atoms with Gasteiger partial charge in [0.05, 0.1) is 12.2 Å². The fraction of sp³-hybridized carbons (Fsp3) is 0.571. The van der Waals surface area contributed by atoms with Gasteiger partial charge in [-0.15, -0.1) is 0 Å². The standard InChI is InChI=1S/C14H20O3/c1-10(15)11-6-8-12(9-7-11)17-14-5-3-2-4-13(14)16/h6-10,13-16H,2-5H2,1H3/t10-,13?,14?/m0/s1. The maximum absolute atomic E-state index is 9.81. The molecule has 17 heavy (non-hydrogen) atoms. The van der Waals surface area contributed by atoms with E-state index in [2.05, 4.69) is 0 Å². The van der Waals surface area contributed by atoms with Crippen molar-refractivity contribution in [1.29, 1.82) is 0 Å². The van der Waals surface area contributed by atoms with Crippen LogP contribution >= 0.6 is 0 Å². The summed E-state index contributed by atoms with van der Waals surface area (Å²) in [7, 11) is 0. The average molecular weight is 236 g/mol. The van der Waals surface area contributed by atoms with Gasteiger partial charge < -0.3 is 14.9 Å². The summed E-state index contributed by atoms with van der Waals surface area (Å²) in [4.78, 5) is 0. The third-order valence-corrected chi connectivity index (χ3v) is 3.32. The fourth-order valence-electron chi connectivity index (χ4n) is 2.21. The van der Waals surface area contributed by atoms with Gasteiger partial charge in [0.25, 0.3) is 0 Å². The highest BCUT2D eigenvalue weighted by Gasteiger charge is 2.24. The molecule has 0 radical (unpaired) electrons. The van der Waals surface area contributed by atoms with Gasteiger partial charge in [0.15, 0.2) is 0 Å². The van der Waals surface area contributed by atoms with Gasteiger partial charge in [-0.1, -0.05) is 18.6 Å². The van der Waals surface area contributed by atoms with E-state index in [9.17, 15) is 10.2 Å². The molecule has 1 fully saturated rings. The van der Waals surface area contributed by atoms with Crippen molar-refractivity contribution in [3.63, 3.8) is 0 Å². The van der Waals surface area contributed by atoms with Crippen LogP contribution in [0.25, 0.3) is 0 Å². The van der Waals surface area contributed by atoms with Gasteiger partial charge in [0.2, 0.25) is 0 Å². The molecular formula is C14H20O3. The van der Waals surface area contributed by atoms with E-state index < -0.39 is 6.10 Å². The maximum Gasteiger partial charge on any atom is 0.124 e. The Bertz CT molecular complexity index is 345. The molecule has 0 bridgehead atoms. The molecule has 1 saturated carbocycles. The lowest BCUT2D eigenvalue weighted by Gasteiger charge is -2.28. The summed E-state index contributed by atoms with van der Waals surface area (Å²) >= 11 is 0. The van der Waals surface area contributed by atoms with Crippen molar-refractivity contribution < 1.29 is 14.9 Å². The first-order valence-electron chi connectivity index (χ1n) is 6.29. The Morgan fingerprint density at radius 2 is 1.82 bits per heavy atom. The quantitative estimate of drug-likeness (QED) is 0.847. The third-order valence-electron chi connectivity index (χ3n) is 3.32. The van der Waals surface area contributed by atoms with Gasteiger partial charge in [0, 0.05) is 0 Å². The van der Waals surface area contributed by atoms with E-state index in [1.54, 1.807) is 6.92 Å². The number of aliphatic hydroxyl groups excluding tert-OH is 2. The van der Waals surface area contributed by atoms with Gasteiger partial charge in [0.1, 0.15) is 11.9 Å². The molecule has 0 heterocycles. The van der Waals surface area contributed by atoms with Crippen molar-refractivity contribution in [3.05, 3.63) is 29.8 Å². The molecule has 0 saturated heterocycles. The average Bonchev–Trinajstić information content (AvgIpc) is 2.33. The molecule has 1 aromatic carbocycles. The second kappa shape index (κ2) is 5.52. The van der Waals surface area contributed by atoms with Crippen LogP contribution in [0.4, 0.5) is 0 Å². The van der Waals surface area contributed by atoms with E-state index >= 15 is 0 Å². The van der Waals surface area contributed by atoms with Crippen LogP contribution in [0.2, 0.25) is 0 Å². The number of rotatable bonds is 3. The summed E-state index contributed by atoms with van der Waals surface area (Å²) < 4.78 is 5.77. The Labute approximate surface area is 102 Å². The van der Waals surface area contributed by atoms with E-state index in [1.807, 2.05) is 24.3 Å². The zero-order valence-electron chi connectivity index (χ0n) is 10.2. The molecule has 1 aromatic rings. The lowest BCUT2D eigenvalue weighted by Crippen LogP contribution is -2.34. The Balaban J connectivity index is 1.98. The summed E-state index contributed by atoms with van der Waals surface area (Å²) in [6.45, 7) is 1.74. The molecule has 0 amide bonds. The second-order valence-corrected chi connectivity index (χ2v) is 4.75. The molecule has 0 aliphatic heterocycles. The monoisotopic (exact) mass is 236 g/mol. The first-order valence-corrected chi connectivity index (χ1v) is 6.29. The summed E-state index contributed by atoms with van der Waals surface area (Å²) in [6, 6.07) is 7.41. The zero-order valence-corrected chi connectivity index (χ0v) is 10.2. The lowest BCUT2D eigenvalue weighted by molar-refractivity contribution is 0.00685. The highest BCUT2D eigenvalue weighted by molar-refractivity contribution is 5.28. The minimum absolute atomic E-state index is 0.0823. The number of benzene rings is 1. The SMILES string of the molecule is C[C@H](O)c1ccc(OC2CCCCC2O)cc1. The van der Waals surface area contributed by atoms with E-state index in [0.717, 1.165) is 37.0 Å². The fourth-order valence-corrected chi connectivity index (χ4v) is 2.21. The van der Waals surface area contributed by atoms with Crippen molar-refractivity contribution in [2.45, 2.75) is 50.9 Å². The summed E-state index contributed by atoms with van der Waals surface area (Å²) in [6.07, 6.45) is 3.07. The van der Waals surface area contributed by atoms with Crippen LogP contribution in [0, 0.1) is 0 Å². The Kier molecular flexibility index (Phi) is 4.02. The minimum Gasteiger partial charge on any atom is -0.488 e. The van der Waals surface area contributed by atoms with Gasteiger partial charge in [-0.25, -0.2) is 0 Å². The molecule has 2 rings (SSSR count). The highest BCUT2D eigenvalue weighted by Crippen LogP contribution is 2.25. The first kappa shape index (κ1) is 12.4. The number of ether oxygens (including phenoxy) is 1. The van der Waals surface area contributed by atoms with Crippen molar-refractivity contribution in [3.8, 4) is 5.75 Å². The highest BCUT2D eigenvalue weighted by atomic mass is 16.5. The zero-order chi connectivity index (χ0) is 12.3. The van der Waals surface area contributed by atoms with Crippen LogP contribution in [-0.4, -0.2) is 22.4 Å². The molecule has 0 spiro atoms. The number of hydrogen-bond acceptors (Lipinski definition) is 3. The van der Waals surface area contributed by atoms with Crippen molar-refractivity contribution >= 4 is 0 Å². The van der Waals surface area contributed by atoms with Crippen molar-refractivity contribution in [2.24, 2.45) is 0 Å². The molecular weight excluding hydrogens is 216 g/mol. The molecule has 3 nitrogen and oxygen atoms in total. The van der Waals surface area contributed by atoms with E-state index in [-0.39, 0.29) is 12.2 Å². The number of aliphatic hydroxyl groups is 2. The maximum atomic E-state index is 9.81. The Hall–Kier alpha value is -1.06. The van der Waals surface area contributed by atoms with E-state index in [4.69, 9.17) is 4.74 Å². The normalized spacial score (nSPS) is 26.5. The van der Waals surface area contributed by atoms with E-state index in [0.29, 0.717) is 0 Å².